The number of amides is 2. The molecule has 0 atom stereocenters. The third kappa shape index (κ3) is 11.9. The first-order valence-corrected chi connectivity index (χ1v) is 19.1. The van der Waals surface area contributed by atoms with Gasteiger partial charge in [0.25, 0.3) is 11.8 Å². The molecule has 4 aromatic carbocycles. The van der Waals surface area contributed by atoms with Crippen LogP contribution in [0.3, 0.4) is 0 Å². The second kappa shape index (κ2) is 20.8. The van der Waals surface area contributed by atoms with E-state index in [1.807, 2.05) is 36.4 Å². The van der Waals surface area contributed by atoms with Crippen molar-refractivity contribution in [3.8, 4) is 23.1 Å². The summed E-state index contributed by atoms with van der Waals surface area (Å²) in [6.45, 7) is 9.32. The number of aromatic nitrogens is 2. The van der Waals surface area contributed by atoms with Gasteiger partial charge in [0.1, 0.15) is 17.2 Å². The van der Waals surface area contributed by atoms with E-state index < -0.39 is 0 Å². The number of carbonyl (C=O) groups excluding carboxylic acids is 2. The van der Waals surface area contributed by atoms with Crippen molar-refractivity contribution in [1.29, 1.82) is 0 Å². The number of ether oxygens (including phenoxy) is 5. The average Bonchev–Trinajstić information content (AvgIpc) is 3.25. The zero-order chi connectivity index (χ0) is 40.7. The normalized spacial score (nSPS) is 14.4. The summed E-state index contributed by atoms with van der Waals surface area (Å²) in [5.41, 5.74) is 14.6. The molecule has 2 fully saturated rings. The van der Waals surface area contributed by atoms with Crippen molar-refractivity contribution in [2.24, 2.45) is 0 Å². The zero-order valence-corrected chi connectivity index (χ0v) is 32.9. The Balaban J connectivity index is 0.000000239. The van der Waals surface area contributed by atoms with Gasteiger partial charge in [-0.2, -0.15) is 4.98 Å². The first-order chi connectivity index (χ1) is 28.3. The molecule has 0 radical (unpaired) electrons. The van der Waals surface area contributed by atoms with E-state index in [1.165, 1.54) is 0 Å². The smallest absolute Gasteiger partial charge is 0.251 e. The Bertz CT molecular complexity index is 2140. The average molecular weight is 794 g/mol. The molecule has 58 heavy (non-hydrogen) atoms. The van der Waals surface area contributed by atoms with E-state index in [-0.39, 0.29) is 11.8 Å². The molecule has 3 heterocycles. The summed E-state index contributed by atoms with van der Waals surface area (Å²) in [7, 11) is 3.11. The monoisotopic (exact) mass is 793 g/mol. The highest BCUT2D eigenvalue weighted by molar-refractivity contribution is 5.97. The van der Waals surface area contributed by atoms with Crippen molar-refractivity contribution in [3.05, 3.63) is 96.2 Å². The molecular formula is C42H51N9O7. The molecule has 2 amide bonds. The first kappa shape index (κ1) is 41.4. The Morgan fingerprint density at radius 3 is 1.93 bits per heavy atom. The van der Waals surface area contributed by atoms with Gasteiger partial charge in [-0.3, -0.25) is 19.4 Å². The second-order valence-electron chi connectivity index (χ2n) is 13.5. The Kier molecular flexibility index (Phi) is 14.9. The highest BCUT2D eigenvalue weighted by Gasteiger charge is 2.15. The molecule has 0 spiro atoms. The van der Waals surface area contributed by atoms with Crippen molar-refractivity contribution in [3.63, 3.8) is 0 Å². The molecule has 0 aliphatic carbocycles. The van der Waals surface area contributed by atoms with Gasteiger partial charge in [-0.25, -0.2) is 4.98 Å². The molecule has 2 saturated heterocycles. The van der Waals surface area contributed by atoms with Gasteiger partial charge in [-0.1, -0.05) is 24.3 Å². The number of morpholine rings is 2. The summed E-state index contributed by atoms with van der Waals surface area (Å²) in [6.07, 6.45) is 1.60. The van der Waals surface area contributed by atoms with Gasteiger partial charge >= 0.3 is 0 Å². The zero-order valence-electron chi connectivity index (χ0n) is 32.9. The maximum absolute atomic E-state index is 12.8. The van der Waals surface area contributed by atoms with Crippen LogP contribution >= 0.6 is 0 Å². The van der Waals surface area contributed by atoms with Gasteiger partial charge in [0.15, 0.2) is 0 Å². The standard InChI is InChI=1S/C28H30N6O4.C14H21N3O3/c1-36-21-17-19(27(35)30-10-11-34-12-14-37-15-13-34)16-20(18-21)32-28-31-9-8-26(33-28)38-25-7-6-24(29)22-4-2-3-5-23(22)25;1-19-13-9-11(8-12(15)10-13)14(18)16-2-3-17-4-6-20-7-5-17/h2-9,16-18H,10-15,29H2,1H3,(H,30,35)(H,31,32,33);8-10H,2-7,15H2,1H3,(H,16,18). The lowest BCUT2D eigenvalue weighted by Crippen LogP contribution is -2.41. The Morgan fingerprint density at radius 2 is 1.31 bits per heavy atom. The molecule has 306 valence electrons. The minimum atomic E-state index is -0.187. The Hall–Kier alpha value is -6.20. The third-order valence-corrected chi connectivity index (χ3v) is 9.48. The molecule has 1 aromatic heterocycles. The van der Waals surface area contributed by atoms with E-state index in [0.29, 0.717) is 70.4 Å². The third-order valence-electron chi connectivity index (χ3n) is 9.48. The molecule has 2 aliphatic rings. The van der Waals surface area contributed by atoms with Crippen LogP contribution < -0.4 is 41.6 Å². The number of hydrogen-bond acceptors (Lipinski definition) is 14. The number of carbonyl (C=O) groups is 2. The molecule has 0 saturated carbocycles. The predicted molar refractivity (Wildman–Crippen MR) is 223 cm³/mol. The van der Waals surface area contributed by atoms with Crippen LogP contribution in [0.1, 0.15) is 20.7 Å². The van der Waals surface area contributed by atoms with Crippen molar-refractivity contribution < 1.29 is 33.3 Å². The summed E-state index contributed by atoms with van der Waals surface area (Å²) in [4.78, 5) is 38.2. The summed E-state index contributed by atoms with van der Waals surface area (Å²) in [5, 5.41) is 10.8. The molecule has 7 rings (SSSR count). The van der Waals surface area contributed by atoms with Crippen LogP contribution in [-0.2, 0) is 9.47 Å². The molecular weight excluding hydrogens is 743 g/mol. The molecule has 2 aliphatic heterocycles. The van der Waals surface area contributed by atoms with Crippen molar-refractivity contribution in [2.75, 3.05) is 110 Å². The fraction of sp³-hybridized carbons (Fsp3) is 0.333. The van der Waals surface area contributed by atoms with Crippen LogP contribution in [-0.4, -0.2) is 125 Å². The van der Waals surface area contributed by atoms with Crippen molar-refractivity contribution >= 4 is 45.6 Å². The fourth-order valence-electron chi connectivity index (χ4n) is 6.38. The largest absolute Gasteiger partial charge is 0.497 e. The van der Waals surface area contributed by atoms with Gasteiger partial charge in [-0.15, -0.1) is 0 Å². The van der Waals surface area contributed by atoms with Crippen LogP contribution in [0.2, 0.25) is 0 Å². The van der Waals surface area contributed by atoms with Crippen LogP contribution in [0, 0.1) is 0 Å². The van der Waals surface area contributed by atoms with Crippen molar-refractivity contribution in [2.45, 2.75) is 0 Å². The van der Waals surface area contributed by atoms with Crippen LogP contribution in [0.4, 0.5) is 23.0 Å². The number of benzene rings is 4. The van der Waals surface area contributed by atoms with Gasteiger partial charge in [0, 0.05) is 116 Å². The molecule has 16 nitrogen and oxygen atoms in total. The van der Waals surface area contributed by atoms with Gasteiger partial charge in [0.2, 0.25) is 11.8 Å². The topological polar surface area (TPSA) is 201 Å². The SMILES string of the molecule is COc1cc(N)cc(C(=O)NCCN2CCOCC2)c1.COc1cc(Nc2nccc(Oc3ccc(N)c4ccccc34)n2)cc(C(=O)NCCN2CCOCC2)c1. The maximum atomic E-state index is 12.8. The van der Waals surface area contributed by atoms with E-state index in [2.05, 4.69) is 35.7 Å². The number of nitrogens with two attached hydrogens (primary N) is 2. The number of nitrogen functional groups attached to an aromatic ring is 2. The van der Waals surface area contributed by atoms with Crippen molar-refractivity contribution in [1.82, 2.24) is 30.4 Å². The summed E-state index contributed by atoms with van der Waals surface area (Å²) >= 11 is 0. The second-order valence-corrected chi connectivity index (χ2v) is 13.5. The number of fused-ring (bicyclic) bond motifs is 1. The first-order valence-electron chi connectivity index (χ1n) is 19.1. The number of rotatable bonds is 14. The predicted octanol–water partition coefficient (Wildman–Crippen LogP) is 4.16. The number of anilines is 4. The summed E-state index contributed by atoms with van der Waals surface area (Å²) in [5.74, 6) is 2.11. The van der Waals surface area contributed by atoms with Crippen LogP contribution in [0.15, 0.2) is 85.1 Å². The molecule has 0 unspecified atom stereocenters. The van der Waals surface area contributed by atoms with E-state index in [0.717, 1.165) is 76.5 Å². The quantitative estimate of drug-likeness (QED) is 0.100. The van der Waals surface area contributed by atoms with E-state index >= 15 is 0 Å². The number of nitrogens with one attached hydrogen (secondary N) is 3. The lowest BCUT2D eigenvalue weighted by atomic mass is 10.1. The van der Waals surface area contributed by atoms with E-state index in [1.54, 1.807) is 62.9 Å². The summed E-state index contributed by atoms with van der Waals surface area (Å²) < 4.78 is 27.2. The highest BCUT2D eigenvalue weighted by atomic mass is 16.5. The Morgan fingerprint density at radius 1 is 0.724 bits per heavy atom. The van der Waals surface area contributed by atoms with Gasteiger partial charge < -0.3 is 51.1 Å². The number of hydrogen-bond donors (Lipinski definition) is 5. The molecule has 0 bridgehead atoms. The minimum absolute atomic E-state index is 0.135. The lowest BCUT2D eigenvalue weighted by Gasteiger charge is -2.26. The minimum Gasteiger partial charge on any atom is -0.497 e. The van der Waals surface area contributed by atoms with E-state index in [9.17, 15) is 9.59 Å². The lowest BCUT2D eigenvalue weighted by molar-refractivity contribution is 0.0382. The van der Waals surface area contributed by atoms with Crippen LogP contribution in [0.5, 0.6) is 23.1 Å². The van der Waals surface area contributed by atoms with Crippen LogP contribution in [0.25, 0.3) is 10.8 Å². The fourth-order valence-corrected chi connectivity index (χ4v) is 6.38. The van der Waals surface area contributed by atoms with Gasteiger partial charge in [0.05, 0.1) is 40.6 Å². The Labute approximate surface area is 337 Å². The molecule has 5 aromatic rings. The molecule has 7 N–H and O–H groups in total. The maximum Gasteiger partial charge on any atom is 0.251 e. The number of methoxy groups -OCH3 is 2. The highest BCUT2D eigenvalue weighted by Crippen LogP contribution is 2.33. The van der Waals surface area contributed by atoms with E-state index in [4.69, 9.17) is 35.2 Å². The number of nitrogens with zero attached hydrogens (tertiary/aromatic N) is 4. The molecule has 16 heteroatoms. The van der Waals surface area contributed by atoms with Gasteiger partial charge in [-0.05, 0) is 36.4 Å². The summed E-state index contributed by atoms with van der Waals surface area (Å²) in [6, 6.07) is 23.3.